The molecule has 0 saturated carbocycles. The third kappa shape index (κ3) is 5.41. The van der Waals surface area contributed by atoms with Crippen molar-refractivity contribution in [1.29, 1.82) is 0 Å². The van der Waals surface area contributed by atoms with Crippen LogP contribution < -0.4 is 10.6 Å². The minimum absolute atomic E-state index is 0.0105. The SMILES string of the molecule is CCNC(=O)N1CCN(CCC(=O)Nc2ccccc2Cl)CC1. The minimum Gasteiger partial charge on any atom is -0.338 e. The van der Waals surface area contributed by atoms with E-state index in [0.717, 1.165) is 13.1 Å². The summed E-state index contributed by atoms with van der Waals surface area (Å²) < 4.78 is 0. The Hall–Kier alpha value is -1.79. The van der Waals surface area contributed by atoms with Crippen molar-refractivity contribution in [2.75, 3.05) is 44.6 Å². The number of benzene rings is 1. The van der Waals surface area contributed by atoms with Gasteiger partial charge in [-0.1, -0.05) is 23.7 Å². The highest BCUT2D eigenvalue weighted by molar-refractivity contribution is 6.33. The first-order chi connectivity index (χ1) is 11.1. The van der Waals surface area contributed by atoms with Crippen molar-refractivity contribution in [3.63, 3.8) is 0 Å². The highest BCUT2D eigenvalue weighted by Crippen LogP contribution is 2.20. The first kappa shape index (κ1) is 17.6. The van der Waals surface area contributed by atoms with Gasteiger partial charge in [0.15, 0.2) is 0 Å². The van der Waals surface area contributed by atoms with Crippen molar-refractivity contribution in [3.05, 3.63) is 29.3 Å². The Bertz CT molecular complexity index is 545. The number of nitrogens with zero attached hydrogens (tertiary/aromatic N) is 2. The molecule has 126 valence electrons. The van der Waals surface area contributed by atoms with Crippen molar-refractivity contribution < 1.29 is 9.59 Å². The molecule has 0 radical (unpaired) electrons. The largest absolute Gasteiger partial charge is 0.338 e. The van der Waals surface area contributed by atoms with Crippen LogP contribution in [-0.4, -0.2) is 61.0 Å². The van der Waals surface area contributed by atoms with Gasteiger partial charge in [-0.2, -0.15) is 0 Å². The van der Waals surface area contributed by atoms with Crippen LogP contribution in [-0.2, 0) is 4.79 Å². The van der Waals surface area contributed by atoms with E-state index in [4.69, 9.17) is 11.6 Å². The molecule has 1 saturated heterocycles. The van der Waals surface area contributed by atoms with E-state index in [9.17, 15) is 9.59 Å². The number of piperazine rings is 1. The lowest BCUT2D eigenvalue weighted by Gasteiger charge is -2.34. The third-order valence-electron chi connectivity index (χ3n) is 3.79. The van der Waals surface area contributed by atoms with E-state index < -0.39 is 0 Å². The first-order valence-electron chi connectivity index (χ1n) is 7.89. The third-order valence-corrected chi connectivity index (χ3v) is 4.12. The second-order valence-corrected chi connectivity index (χ2v) is 5.85. The molecule has 2 rings (SSSR count). The molecule has 1 aromatic carbocycles. The summed E-state index contributed by atoms with van der Waals surface area (Å²) in [7, 11) is 0. The van der Waals surface area contributed by atoms with Gasteiger partial charge in [-0.05, 0) is 19.1 Å². The molecule has 0 aromatic heterocycles. The van der Waals surface area contributed by atoms with Gasteiger partial charge in [0.05, 0.1) is 10.7 Å². The van der Waals surface area contributed by atoms with Crippen LogP contribution in [0.5, 0.6) is 0 Å². The molecule has 7 heteroatoms. The fourth-order valence-corrected chi connectivity index (χ4v) is 2.66. The summed E-state index contributed by atoms with van der Waals surface area (Å²) in [6, 6.07) is 7.18. The number of urea groups is 1. The summed E-state index contributed by atoms with van der Waals surface area (Å²) >= 11 is 6.02. The zero-order valence-corrected chi connectivity index (χ0v) is 14.1. The number of carbonyl (C=O) groups excluding carboxylic acids is 2. The van der Waals surface area contributed by atoms with E-state index in [1.807, 2.05) is 24.0 Å². The number of carbonyl (C=O) groups is 2. The molecular formula is C16H23ClN4O2. The van der Waals surface area contributed by atoms with E-state index in [-0.39, 0.29) is 11.9 Å². The quantitative estimate of drug-likeness (QED) is 0.863. The summed E-state index contributed by atoms with van der Waals surface area (Å²) in [4.78, 5) is 27.7. The molecule has 1 aromatic rings. The van der Waals surface area contributed by atoms with Gasteiger partial charge in [0.25, 0.3) is 0 Å². The van der Waals surface area contributed by atoms with Crippen LogP contribution >= 0.6 is 11.6 Å². The first-order valence-corrected chi connectivity index (χ1v) is 8.27. The number of amides is 3. The highest BCUT2D eigenvalue weighted by Gasteiger charge is 2.20. The van der Waals surface area contributed by atoms with Crippen LogP contribution in [0.1, 0.15) is 13.3 Å². The highest BCUT2D eigenvalue weighted by atomic mass is 35.5. The number of nitrogens with one attached hydrogen (secondary N) is 2. The van der Waals surface area contributed by atoms with Crippen LogP contribution in [0.15, 0.2) is 24.3 Å². The Balaban J connectivity index is 1.70. The lowest BCUT2D eigenvalue weighted by molar-refractivity contribution is -0.116. The second-order valence-electron chi connectivity index (χ2n) is 5.44. The molecule has 0 spiro atoms. The van der Waals surface area contributed by atoms with E-state index in [0.29, 0.717) is 43.3 Å². The van der Waals surface area contributed by atoms with Crippen LogP contribution in [0, 0.1) is 0 Å². The number of anilines is 1. The van der Waals surface area contributed by atoms with Gasteiger partial charge in [0.2, 0.25) is 5.91 Å². The summed E-state index contributed by atoms with van der Waals surface area (Å²) in [5, 5.41) is 6.16. The van der Waals surface area contributed by atoms with Crippen molar-refractivity contribution >= 4 is 29.2 Å². The average Bonchev–Trinajstić information content (AvgIpc) is 2.56. The summed E-state index contributed by atoms with van der Waals surface area (Å²) in [5.74, 6) is -0.0516. The maximum Gasteiger partial charge on any atom is 0.317 e. The number of rotatable bonds is 5. The summed E-state index contributed by atoms with van der Waals surface area (Å²) in [5.41, 5.74) is 0.639. The molecule has 1 aliphatic heterocycles. The maximum atomic E-state index is 12.0. The Morgan fingerprint density at radius 2 is 1.87 bits per heavy atom. The Labute approximate surface area is 141 Å². The minimum atomic E-state index is -0.0516. The fraction of sp³-hybridized carbons (Fsp3) is 0.500. The van der Waals surface area contributed by atoms with Crippen LogP contribution in [0.25, 0.3) is 0 Å². The summed E-state index contributed by atoms with van der Waals surface area (Å²) in [6.45, 7) is 6.19. The Morgan fingerprint density at radius 1 is 1.17 bits per heavy atom. The molecule has 0 atom stereocenters. The number of halogens is 1. The second kappa shape index (κ2) is 8.74. The molecular weight excluding hydrogens is 316 g/mol. The van der Waals surface area contributed by atoms with Gasteiger partial charge >= 0.3 is 6.03 Å². The van der Waals surface area contributed by atoms with Crippen molar-refractivity contribution in [1.82, 2.24) is 15.1 Å². The van der Waals surface area contributed by atoms with Crippen molar-refractivity contribution in [2.24, 2.45) is 0 Å². The van der Waals surface area contributed by atoms with Crippen molar-refractivity contribution in [3.8, 4) is 0 Å². The number of para-hydroxylation sites is 1. The molecule has 0 bridgehead atoms. The van der Waals surface area contributed by atoms with Gasteiger partial charge in [-0.15, -0.1) is 0 Å². The van der Waals surface area contributed by atoms with Gasteiger partial charge < -0.3 is 15.5 Å². The van der Waals surface area contributed by atoms with E-state index in [2.05, 4.69) is 15.5 Å². The predicted molar refractivity (Wildman–Crippen MR) is 91.8 cm³/mol. The molecule has 2 N–H and O–H groups in total. The predicted octanol–water partition coefficient (Wildman–Crippen LogP) is 2.02. The normalized spacial score (nSPS) is 15.3. The van der Waals surface area contributed by atoms with E-state index >= 15 is 0 Å². The average molecular weight is 339 g/mol. The van der Waals surface area contributed by atoms with Gasteiger partial charge in [-0.25, -0.2) is 4.79 Å². The van der Waals surface area contributed by atoms with E-state index in [1.165, 1.54) is 0 Å². The molecule has 23 heavy (non-hydrogen) atoms. The van der Waals surface area contributed by atoms with Gasteiger partial charge in [0, 0.05) is 45.7 Å². The number of hydrogen-bond donors (Lipinski definition) is 2. The Morgan fingerprint density at radius 3 is 2.52 bits per heavy atom. The molecule has 3 amide bonds. The standard InChI is InChI=1S/C16H23ClN4O2/c1-2-18-16(23)21-11-9-20(10-12-21)8-7-15(22)19-14-6-4-3-5-13(14)17/h3-6H,2,7-12H2,1H3,(H,18,23)(H,19,22). The summed E-state index contributed by atoms with van der Waals surface area (Å²) in [6.07, 6.45) is 0.409. The molecule has 0 unspecified atom stereocenters. The molecule has 0 aliphatic carbocycles. The Kier molecular flexibility index (Phi) is 6.67. The van der Waals surface area contributed by atoms with Crippen LogP contribution in [0.4, 0.5) is 10.5 Å². The molecule has 1 heterocycles. The monoisotopic (exact) mass is 338 g/mol. The lowest BCUT2D eigenvalue weighted by Crippen LogP contribution is -2.52. The number of hydrogen-bond acceptors (Lipinski definition) is 3. The van der Waals surface area contributed by atoms with Crippen molar-refractivity contribution in [2.45, 2.75) is 13.3 Å². The zero-order valence-electron chi connectivity index (χ0n) is 13.3. The zero-order chi connectivity index (χ0) is 16.7. The van der Waals surface area contributed by atoms with Gasteiger partial charge in [0.1, 0.15) is 0 Å². The smallest absolute Gasteiger partial charge is 0.317 e. The molecule has 1 aliphatic rings. The van der Waals surface area contributed by atoms with Crippen LogP contribution in [0.2, 0.25) is 5.02 Å². The maximum absolute atomic E-state index is 12.0. The lowest BCUT2D eigenvalue weighted by atomic mass is 10.2. The van der Waals surface area contributed by atoms with Gasteiger partial charge in [-0.3, -0.25) is 9.69 Å². The fourth-order valence-electron chi connectivity index (χ4n) is 2.47. The topological polar surface area (TPSA) is 64.7 Å². The van der Waals surface area contributed by atoms with Crippen LogP contribution in [0.3, 0.4) is 0 Å². The molecule has 6 nitrogen and oxygen atoms in total. The molecule has 1 fully saturated rings. The van der Waals surface area contributed by atoms with E-state index in [1.54, 1.807) is 12.1 Å².